The molecule has 0 atom stereocenters. The average Bonchev–Trinajstić information content (AvgIpc) is 2.93. The van der Waals surface area contributed by atoms with Gasteiger partial charge in [-0.15, -0.1) is 0 Å². The first kappa shape index (κ1) is 12.9. The molecule has 0 fully saturated rings. The van der Waals surface area contributed by atoms with E-state index in [0.717, 1.165) is 5.65 Å². The smallest absolute Gasteiger partial charge is 0.325 e. The molecule has 3 aromatic heterocycles. The van der Waals surface area contributed by atoms with Crippen LogP contribution in [-0.2, 0) is 6.54 Å². The minimum Gasteiger partial charge on any atom is -0.348 e. The highest BCUT2D eigenvalue weighted by atomic mass is 16.2. The molecule has 1 amide bonds. The number of nitrogens with zero attached hydrogens (tertiary/aromatic N) is 2. The fraction of sp³-hybridized carbons (Fsp3) is 0.0769. The topological polar surface area (TPSA) is 112 Å². The van der Waals surface area contributed by atoms with Crippen LogP contribution in [0.15, 0.2) is 46.5 Å². The molecule has 106 valence electrons. The predicted octanol–water partition coefficient (Wildman–Crippen LogP) is -0.359. The molecule has 21 heavy (non-hydrogen) atoms. The molecule has 0 bridgehead atoms. The molecule has 0 aliphatic rings. The molecule has 0 aliphatic carbocycles. The van der Waals surface area contributed by atoms with Gasteiger partial charge in [-0.25, -0.2) is 9.78 Å². The number of H-pyrrole nitrogens is 2. The Hall–Kier alpha value is -3.16. The zero-order chi connectivity index (χ0) is 14.8. The second kappa shape index (κ2) is 5.08. The van der Waals surface area contributed by atoms with Crippen LogP contribution in [0.3, 0.4) is 0 Å². The third kappa shape index (κ3) is 2.59. The Morgan fingerprint density at radius 3 is 3.00 bits per heavy atom. The van der Waals surface area contributed by atoms with Gasteiger partial charge in [-0.3, -0.25) is 14.6 Å². The fourth-order valence-electron chi connectivity index (χ4n) is 1.90. The summed E-state index contributed by atoms with van der Waals surface area (Å²) in [6.07, 6.45) is 6.30. The first-order valence-corrected chi connectivity index (χ1v) is 6.15. The molecule has 0 saturated heterocycles. The molecule has 0 unspecified atom stereocenters. The number of carbonyl (C=O) groups excluding carboxylic acids is 1. The highest BCUT2D eigenvalue weighted by molar-refractivity contribution is 5.94. The maximum absolute atomic E-state index is 12.0. The summed E-state index contributed by atoms with van der Waals surface area (Å²) in [5.74, 6) is -0.323. The van der Waals surface area contributed by atoms with Crippen molar-refractivity contribution in [2.24, 2.45) is 0 Å². The van der Waals surface area contributed by atoms with Gasteiger partial charge < -0.3 is 14.7 Å². The van der Waals surface area contributed by atoms with Gasteiger partial charge in [0.1, 0.15) is 5.65 Å². The van der Waals surface area contributed by atoms with E-state index in [1.165, 1.54) is 6.20 Å². The predicted molar refractivity (Wildman–Crippen MR) is 74.0 cm³/mol. The third-order valence-electron chi connectivity index (χ3n) is 2.99. The number of carbonyl (C=O) groups is 1. The van der Waals surface area contributed by atoms with Gasteiger partial charge in [-0.05, 0) is 12.1 Å². The Labute approximate surface area is 117 Å². The molecule has 0 radical (unpaired) electrons. The zero-order valence-corrected chi connectivity index (χ0v) is 10.8. The summed E-state index contributed by atoms with van der Waals surface area (Å²) >= 11 is 0. The van der Waals surface area contributed by atoms with Crippen LogP contribution in [0.1, 0.15) is 15.9 Å². The summed E-state index contributed by atoms with van der Waals surface area (Å²) in [6.45, 7) is 0.0207. The normalized spacial score (nSPS) is 10.7. The number of hydrogen-bond donors (Lipinski definition) is 3. The minimum atomic E-state index is -0.583. The fourth-order valence-corrected chi connectivity index (χ4v) is 1.90. The standard InChI is InChI=1S/C13H11N5O3/c19-11(8-1-2-10-14-3-4-18(10)7-8)15-5-9-6-16-13(21)17-12(9)20/h1-4,6-7H,5H2,(H,15,19)(H2,16,17,20,21). The van der Waals surface area contributed by atoms with E-state index in [-0.39, 0.29) is 18.0 Å². The molecule has 3 heterocycles. The molecule has 3 N–H and O–H groups in total. The molecule has 8 nitrogen and oxygen atoms in total. The maximum Gasteiger partial charge on any atom is 0.325 e. The Kier molecular flexibility index (Phi) is 3.11. The number of pyridine rings is 1. The van der Waals surface area contributed by atoms with E-state index >= 15 is 0 Å². The lowest BCUT2D eigenvalue weighted by Crippen LogP contribution is -2.30. The first-order valence-electron chi connectivity index (χ1n) is 6.15. The van der Waals surface area contributed by atoms with Crippen molar-refractivity contribution in [2.75, 3.05) is 0 Å². The number of hydrogen-bond acceptors (Lipinski definition) is 4. The molecular weight excluding hydrogens is 274 g/mol. The Morgan fingerprint density at radius 2 is 2.19 bits per heavy atom. The monoisotopic (exact) mass is 285 g/mol. The Balaban J connectivity index is 1.76. The third-order valence-corrected chi connectivity index (χ3v) is 2.99. The van der Waals surface area contributed by atoms with Crippen molar-refractivity contribution in [3.8, 4) is 0 Å². The van der Waals surface area contributed by atoms with Crippen LogP contribution in [-0.4, -0.2) is 25.3 Å². The number of nitrogens with one attached hydrogen (secondary N) is 3. The van der Waals surface area contributed by atoms with Gasteiger partial charge in [0.05, 0.1) is 11.1 Å². The van der Waals surface area contributed by atoms with Gasteiger partial charge in [0.25, 0.3) is 11.5 Å². The quantitative estimate of drug-likeness (QED) is 0.610. The van der Waals surface area contributed by atoms with Crippen LogP contribution >= 0.6 is 0 Å². The van der Waals surface area contributed by atoms with E-state index in [1.807, 2.05) is 0 Å². The molecule has 0 spiro atoms. The Bertz CT molecular complexity index is 921. The van der Waals surface area contributed by atoms with E-state index in [2.05, 4.69) is 20.3 Å². The lowest BCUT2D eigenvalue weighted by atomic mass is 10.2. The van der Waals surface area contributed by atoms with Crippen LogP contribution in [0.2, 0.25) is 0 Å². The lowest BCUT2D eigenvalue weighted by Gasteiger charge is -2.05. The summed E-state index contributed by atoms with van der Waals surface area (Å²) in [5.41, 5.74) is 0.349. The number of fused-ring (bicyclic) bond motifs is 1. The molecule has 0 saturated carbocycles. The van der Waals surface area contributed by atoms with E-state index in [9.17, 15) is 14.4 Å². The first-order chi connectivity index (χ1) is 10.1. The van der Waals surface area contributed by atoms with E-state index < -0.39 is 11.2 Å². The molecular formula is C13H11N5O3. The molecule has 0 aromatic carbocycles. The maximum atomic E-state index is 12.0. The molecule has 3 rings (SSSR count). The van der Waals surface area contributed by atoms with Gasteiger partial charge in [-0.2, -0.15) is 0 Å². The van der Waals surface area contributed by atoms with Gasteiger partial charge >= 0.3 is 5.69 Å². The van der Waals surface area contributed by atoms with Gasteiger partial charge in [0.2, 0.25) is 0 Å². The van der Waals surface area contributed by atoms with E-state index in [4.69, 9.17) is 0 Å². The van der Waals surface area contributed by atoms with Crippen molar-refractivity contribution in [1.29, 1.82) is 0 Å². The van der Waals surface area contributed by atoms with Gasteiger partial charge in [0, 0.05) is 31.3 Å². The van der Waals surface area contributed by atoms with Gasteiger partial charge in [0.15, 0.2) is 0 Å². The van der Waals surface area contributed by atoms with E-state index in [1.54, 1.807) is 35.1 Å². The Morgan fingerprint density at radius 1 is 1.33 bits per heavy atom. The molecule has 3 aromatic rings. The van der Waals surface area contributed by atoms with Crippen molar-refractivity contribution in [3.63, 3.8) is 0 Å². The number of imidazole rings is 1. The second-order valence-electron chi connectivity index (χ2n) is 4.39. The van der Waals surface area contributed by atoms with Crippen LogP contribution < -0.4 is 16.6 Å². The minimum absolute atomic E-state index is 0.0207. The summed E-state index contributed by atoms with van der Waals surface area (Å²) in [7, 11) is 0. The van der Waals surface area contributed by atoms with Crippen LogP contribution in [0.5, 0.6) is 0 Å². The van der Waals surface area contributed by atoms with Crippen LogP contribution in [0.25, 0.3) is 5.65 Å². The van der Waals surface area contributed by atoms with Crippen molar-refractivity contribution in [3.05, 3.63) is 68.9 Å². The summed E-state index contributed by atoms with van der Waals surface area (Å²) < 4.78 is 1.72. The van der Waals surface area contributed by atoms with Gasteiger partial charge in [-0.1, -0.05) is 0 Å². The average molecular weight is 285 g/mol. The molecule has 0 aliphatic heterocycles. The number of aromatic nitrogens is 4. The van der Waals surface area contributed by atoms with Crippen LogP contribution in [0.4, 0.5) is 0 Å². The second-order valence-corrected chi connectivity index (χ2v) is 4.39. The summed E-state index contributed by atoms with van der Waals surface area (Å²) in [6, 6.07) is 3.37. The highest BCUT2D eigenvalue weighted by Crippen LogP contribution is 2.04. The van der Waals surface area contributed by atoms with Crippen molar-refractivity contribution in [1.82, 2.24) is 24.7 Å². The number of rotatable bonds is 3. The highest BCUT2D eigenvalue weighted by Gasteiger charge is 2.08. The lowest BCUT2D eigenvalue weighted by molar-refractivity contribution is 0.0950. The molecule has 8 heteroatoms. The SMILES string of the molecule is O=C(NCc1c[nH]c(=O)[nH]c1=O)c1ccc2nccn2c1. The van der Waals surface area contributed by atoms with Crippen molar-refractivity contribution < 1.29 is 4.79 Å². The van der Waals surface area contributed by atoms with Crippen molar-refractivity contribution >= 4 is 11.6 Å². The zero-order valence-electron chi connectivity index (χ0n) is 10.8. The summed E-state index contributed by atoms with van der Waals surface area (Å²) in [5, 5.41) is 2.62. The van der Waals surface area contributed by atoms with Crippen LogP contribution in [0, 0.1) is 0 Å². The summed E-state index contributed by atoms with van der Waals surface area (Å²) in [4.78, 5) is 42.9. The number of aromatic amines is 2. The van der Waals surface area contributed by atoms with E-state index in [0.29, 0.717) is 5.56 Å². The van der Waals surface area contributed by atoms with Crippen molar-refractivity contribution in [2.45, 2.75) is 6.54 Å². The number of amides is 1. The largest absolute Gasteiger partial charge is 0.348 e.